The minimum absolute atomic E-state index is 0.389. The van der Waals surface area contributed by atoms with Crippen molar-refractivity contribution in [2.75, 3.05) is 39.6 Å². The van der Waals surface area contributed by atoms with Crippen molar-refractivity contribution in [1.82, 2.24) is 0 Å². The lowest BCUT2D eigenvalue weighted by Gasteiger charge is -2.14. The van der Waals surface area contributed by atoms with Crippen LogP contribution in [-0.4, -0.2) is 51.8 Å². The summed E-state index contributed by atoms with van der Waals surface area (Å²) in [5.41, 5.74) is 0. The molecule has 2 rings (SSSR count). The van der Waals surface area contributed by atoms with Gasteiger partial charge in [-0.05, 0) is 18.8 Å². The summed E-state index contributed by atoms with van der Waals surface area (Å²) in [6, 6.07) is 0. The van der Waals surface area contributed by atoms with Crippen LogP contribution in [0.4, 0.5) is 0 Å². The average Bonchev–Trinajstić information content (AvgIpc) is 3.25. The van der Waals surface area contributed by atoms with Gasteiger partial charge in [0.05, 0.1) is 26.4 Å². The van der Waals surface area contributed by atoms with Crippen LogP contribution in [0.1, 0.15) is 32.6 Å². The molecular formula is C14H26O4. The number of ether oxygens (including phenoxy) is 4. The van der Waals surface area contributed by atoms with E-state index in [1.54, 1.807) is 0 Å². The Morgan fingerprint density at radius 2 is 1.72 bits per heavy atom. The second kappa shape index (κ2) is 8.10. The maximum Gasteiger partial charge on any atom is 0.104 e. The summed E-state index contributed by atoms with van der Waals surface area (Å²) < 4.78 is 21.4. The minimum atomic E-state index is 0.389. The SMILES string of the molecule is CCC(CCCCOCC1CO1)COCC1CO1. The lowest BCUT2D eigenvalue weighted by atomic mass is 10.0. The maximum atomic E-state index is 5.66. The molecule has 0 bridgehead atoms. The van der Waals surface area contributed by atoms with Crippen LogP contribution in [0.3, 0.4) is 0 Å². The molecular weight excluding hydrogens is 232 g/mol. The topological polar surface area (TPSA) is 43.5 Å². The van der Waals surface area contributed by atoms with E-state index in [0.717, 1.165) is 46.1 Å². The average molecular weight is 258 g/mol. The molecule has 2 saturated heterocycles. The molecule has 0 aromatic carbocycles. The number of hydrogen-bond acceptors (Lipinski definition) is 4. The van der Waals surface area contributed by atoms with Gasteiger partial charge >= 0.3 is 0 Å². The van der Waals surface area contributed by atoms with Crippen LogP contribution in [0.5, 0.6) is 0 Å². The number of rotatable bonds is 12. The highest BCUT2D eigenvalue weighted by Crippen LogP contribution is 2.15. The number of hydrogen-bond donors (Lipinski definition) is 0. The predicted molar refractivity (Wildman–Crippen MR) is 68.8 cm³/mol. The fourth-order valence-corrected chi connectivity index (χ4v) is 1.95. The van der Waals surface area contributed by atoms with E-state index in [-0.39, 0.29) is 0 Å². The van der Waals surface area contributed by atoms with E-state index < -0.39 is 0 Å². The van der Waals surface area contributed by atoms with E-state index in [2.05, 4.69) is 6.92 Å². The van der Waals surface area contributed by atoms with Gasteiger partial charge in [-0.3, -0.25) is 0 Å². The molecule has 3 atom stereocenters. The highest BCUT2D eigenvalue weighted by molar-refractivity contribution is 4.68. The van der Waals surface area contributed by atoms with Crippen molar-refractivity contribution in [2.24, 2.45) is 5.92 Å². The molecule has 0 spiro atoms. The van der Waals surface area contributed by atoms with Crippen molar-refractivity contribution < 1.29 is 18.9 Å². The third-order valence-electron chi connectivity index (χ3n) is 3.49. The molecule has 0 aromatic heterocycles. The van der Waals surface area contributed by atoms with Crippen molar-refractivity contribution in [3.63, 3.8) is 0 Å². The van der Waals surface area contributed by atoms with Crippen LogP contribution in [0.25, 0.3) is 0 Å². The molecule has 4 heteroatoms. The van der Waals surface area contributed by atoms with Crippen molar-refractivity contribution in [2.45, 2.75) is 44.8 Å². The normalized spacial score (nSPS) is 27.2. The molecule has 0 aliphatic carbocycles. The zero-order chi connectivity index (χ0) is 12.6. The number of unbranched alkanes of at least 4 members (excludes halogenated alkanes) is 1. The minimum Gasteiger partial charge on any atom is -0.379 e. The van der Waals surface area contributed by atoms with Crippen LogP contribution >= 0.6 is 0 Å². The highest BCUT2D eigenvalue weighted by Gasteiger charge is 2.23. The summed E-state index contributed by atoms with van der Waals surface area (Å²) in [4.78, 5) is 0. The molecule has 2 aliphatic rings. The Morgan fingerprint density at radius 1 is 1.06 bits per heavy atom. The summed E-state index contributed by atoms with van der Waals surface area (Å²) in [6.07, 6.45) is 5.60. The van der Waals surface area contributed by atoms with Crippen molar-refractivity contribution in [1.29, 1.82) is 0 Å². The van der Waals surface area contributed by atoms with E-state index in [1.165, 1.54) is 19.3 Å². The second-order valence-corrected chi connectivity index (χ2v) is 5.29. The van der Waals surface area contributed by atoms with Crippen LogP contribution < -0.4 is 0 Å². The van der Waals surface area contributed by atoms with Crippen LogP contribution in [0.2, 0.25) is 0 Å². The lowest BCUT2D eigenvalue weighted by Crippen LogP contribution is -2.12. The predicted octanol–water partition coefficient (Wildman–Crippen LogP) is 2.01. The summed E-state index contributed by atoms with van der Waals surface area (Å²) in [5, 5.41) is 0. The first-order valence-electron chi connectivity index (χ1n) is 7.27. The first-order valence-corrected chi connectivity index (χ1v) is 7.27. The monoisotopic (exact) mass is 258 g/mol. The van der Waals surface area contributed by atoms with Crippen molar-refractivity contribution in [3.05, 3.63) is 0 Å². The van der Waals surface area contributed by atoms with Gasteiger partial charge in [0, 0.05) is 13.2 Å². The van der Waals surface area contributed by atoms with Gasteiger partial charge < -0.3 is 18.9 Å². The highest BCUT2D eigenvalue weighted by atomic mass is 16.6. The molecule has 0 saturated carbocycles. The van der Waals surface area contributed by atoms with Gasteiger partial charge in [0.25, 0.3) is 0 Å². The smallest absolute Gasteiger partial charge is 0.104 e. The molecule has 106 valence electrons. The van der Waals surface area contributed by atoms with Gasteiger partial charge in [-0.15, -0.1) is 0 Å². The fraction of sp³-hybridized carbons (Fsp3) is 1.00. The van der Waals surface area contributed by atoms with Gasteiger partial charge in [-0.25, -0.2) is 0 Å². The Bertz CT molecular complexity index is 214. The van der Waals surface area contributed by atoms with Gasteiger partial charge in [0.1, 0.15) is 12.2 Å². The Labute approximate surface area is 110 Å². The molecule has 3 unspecified atom stereocenters. The third-order valence-corrected chi connectivity index (χ3v) is 3.49. The van der Waals surface area contributed by atoms with Crippen molar-refractivity contribution >= 4 is 0 Å². The first kappa shape index (κ1) is 14.3. The van der Waals surface area contributed by atoms with Gasteiger partial charge in [-0.1, -0.05) is 19.8 Å². The van der Waals surface area contributed by atoms with Gasteiger partial charge in [0.15, 0.2) is 0 Å². The zero-order valence-electron chi connectivity index (χ0n) is 11.4. The third kappa shape index (κ3) is 6.69. The van der Waals surface area contributed by atoms with E-state index in [1.807, 2.05) is 0 Å². The molecule has 0 radical (unpaired) electrons. The zero-order valence-corrected chi connectivity index (χ0v) is 11.4. The van der Waals surface area contributed by atoms with Crippen LogP contribution in [-0.2, 0) is 18.9 Å². The molecule has 4 nitrogen and oxygen atoms in total. The Hall–Kier alpha value is -0.160. The largest absolute Gasteiger partial charge is 0.379 e. The summed E-state index contributed by atoms with van der Waals surface area (Å²) in [5.74, 6) is 0.690. The summed E-state index contributed by atoms with van der Waals surface area (Å²) >= 11 is 0. The van der Waals surface area contributed by atoms with E-state index in [4.69, 9.17) is 18.9 Å². The number of epoxide rings is 2. The van der Waals surface area contributed by atoms with E-state index in [9.17, 15) is 0 Å². The van der Waals surface area contributed by atoms with Gasteiger partial charge in [0.2, 0.25) is 0 Å². The molecule has 2 heterocycles. The van der Waals surface area contributed by atoms with E-state index in [0.29, 0.717) is 18.1 Å². The summed E-state index contributed by atoms with van der Waals surface area (Å²) in [7, 11) is 0. The molecule has 0 amide bonds. The first-order chi connectivity index (χ1) is 8.88. The molecule has 18 heavy (non-hydrogen) atoms. The molecule has 0 aromatic rings. The Kier molecular flexibility index (Phi) is 6.41. The maximum absolute atomic E-state index is 5.66. The van der Waals surface area contributed by atoms with Crippen LogP contribution in [0.15, 0.2) is 0 Å². The summed E-state index contributed by atoms with van der Waals surface area (Å²) in [6.45, 7) is 7.32. The standard InChI is InChI=1S/C14H26O4/c1-2-12(7-16-9-14-11-18-14)5-3-4-6-15-8-13-10-17-13/h12-14H,2-11H2,1H3. The molecule has 2 aliphatic heterocycles. The second-order valence-electron chi connectivity index (χ2n) is 5.29. The fourth-order valence-electron chi connectivity index (χ4n) is 1.95. The van der Waals surface area contributed by atoms with Gasteiger partial charge in [-0.2, -0.15) is 0 Å². The lowest BCUT2D eigenvalue weighted by molar-refractivity contribution is 0.0782. The molecule has 2 fully saturated rings. The Balaban J connectivity index is 1.37. The van der Waals surface area contributed by atoms with E-state index >= 15 is 0 Å². The van der Waals surface area contributed by atoms with Crippen molar-refractivity contribution in [3.8, 4) is 0 Å². The molecule has 0 N–H and O–H groups in total. The Morgan fingerprint density at radius 3 is 2.33 bits per heavy atom. The van der Waals surface area contributed by atoms with Crippen LogP contribution in [0, 0.1) is 5.92 Å². The quantitative estimate of drug-likeness (QED) is 0.397.